The fraction of sp³-hybridized carbons (Fsp3) is 0.667. The molecule has 0 amide bonds. The summed E-state index contributed by atoms with van der Waals surface area (Å²) in [5.74, 6) is 0. The molecule has 1 N–H and O–H groups in total. The van der Waals surface area contributed by atoms with Gasteiger partial charge in [-0.25, -0.2) is 0 Å². The van der Waals surface area contributed by atoms with Gasteiger partial charge in [-0.2, -0.15) is 14.9 Å². The minimum absolute atomic E-state index is 0.217. The minimum atomic E-state index is -1.27. The van der Waals surface area contributed by atoms with Crippen LogP contribution >= 0.6 is 0 Å². The van der Waals surface area contributed by atoms with Gasteiger partial charge in [0.15, 0.2) is 0 Å². The summed E-state index contributed by atoms with van der Waals surface area (Å²) in [5, 5.41) is 7.51. The van der Waals surface area contributed by atoms with E-state index in [1.54, 1.807) is 6.92 Å². The van der Waals surface area contributed by atoms with E-state index in [0.717, 1.165) is 0 Å². The van der Waals surface area contributed by atoms with E-state index >= 15 is 0 Å². The first-order valence-corrected chi connectivity index (χ1v) is 1.96. The van der Waals surface area contributed by atoms with E-state index in [-0.39, 0.29) is 6.61 Å². The molecule has 0 atom stereocenters. The van der Waals surface area contributed by atoms with Crippen molar-refractivity contribution in [3.63, 3.8) is 0 Å². The molecule has 0 aliphatic heterocycles. The van der Waals surface area contributed by atoms with Crippen molar-refractivity contribution in [2.24, 2.45) is 0 Å². The second-order valence-corrected chi connectivity index (χ2v) is 0.831. The van der Waals surface area contributed by atoms with Crippen LogP contribution in [0, 0.1) is 0 Å². The van der Waals surface area contributed by atoms with Crippen LogP contribution in [0.4, 0.5) is 4.79 Å². The number of hydrogen-bond acceptors (Lipinski definition) is 5. The zero-order valence-corrected chi connectivity index (χ0v) is 4.29. The topological polar surface area (TPSA) is 65.0 Å². The van der Waals surface area contributed by atoms with Crippen molar-refractivity contribution in [2.45, 2.75) is 6.92 Å². The first-order chi connectivity index (χ1) is 3.81. The smallest absolute Gasteiger partial charge is 0.260 e. The van der Waals surface area contributed by atoms with Crippen LogP contribution in [0.1, 0.15) is 6.92 Å². The summed E-state index contributed by atoms with van der Waals surface area (Å²) in [5.41, 5.74) is 0. The van der Waals surface area contributed by atoms with E-state index in [4.69, 9.17) is 5.26 Å². The largest absolute Gasteiger partial charge is 0.572 e. The van der Waals surface area contributed by atoms with E-state index in [0.29, 0.717) is 0 Å². The quantitative estimate of drug-likeness (QED) is 0.428. The molecule has 0 rings (SSSR count). The average molecular weight is 122 g/mol. The van der Waals surface area contributed by atoms with Crippen molar-refractivity contribution >= 4 is 6.16 Å². The van der Waals surface area contributed by atoms with Gasteiger partial charge in [0.05, 0.1) is 6.61 Å². The molecule has 0 fully saturated rings. The molecule has 0 saturated carbocycles. The SMILES string of the molecule is CCOOC(=O)OO. The molecule has 0 bridgehead atoms. The molecule has 0 aromatic heterocycles. The molecule has 0 saturated heterocycles. The molecular formula is C3H6O5. The Balaban J connectivity index is 2.99. The van der Waals surface area contributed by atoms with Gasteiger partial charge in [0.1, 0.15) is 0 Å². The van der Waals surface area contributed by atoms with Gasteiger partial charge >= 0.3 is 6.16 Å². The molecule has 0 unspecified atom stereocenters. The van der Waals surface area contributed by atoms with Gasteiger partial charge in [0.25, 0.3) is 0 Å². The number of carbonyl (C=O) groups excluding carboxylic acids is 1. The lowest BCUT2D eigenvalue weighted by atomic mass is 10.9. The van der Waals surface area contributed by atoms with E-state index in [1.165, 1.54) is 0 Å². The molecular weight excluding hydrogens is 116 g/mol. The monoisotopic (exact) mass is 122 g/mol. The second-order valence-electron chi connectivity index (χ2n) is 0.831. The minimum Gasteiger partial charge on any atom is -0.260 e. The summed E-state index contributed by atoms with van der Waals surface area (Å²) in [6.07, 6.45) is -1.27. The molecule has 0 aliphatic rings. The van der Waals surface area contributed by atoms with Crippen LogP contribution in [0.5, 0.6) is 0 Å². The van der Waals surface area contributed by atoms with Gasteiger partial charge in [0.2, 0.25) is 0 Å². The van der Waals surface area contributed by atoms with Crippen LogP contribution in [-0.2, 0) is 14.7 Å². The van der Waals surface area contributed by atoms with Crippen molar-refractivity contribution in [1.29, 1.82) is 0 Å². The summed E-state index contributed by atoms with van der Waals surface area (Å²) in [6, 6.07) is 0. The molecule has 5 nitrogen and oxygen atoms in total. The first-order valence-electron chi connectivity index (χ1n) is 1.96. The Morgan fingerprint density at radius 3 is 2.75 bits per heavy atom. The zero-order chi connectivity index (χ0) is 6.41. The Kier molecular flexibility index (Phi) is 3.91. The van der Waals surface area contributed by atoms with Crippen molar-refractivity contribution < 1.29 is 24.7 Å². The Morgan fingerprint density at radius 2 is 2.38 bits per heavy atom. The predicted octanol–water partition coefficient (Wildman–Crippen LogP) is 0.564. The molecule has 48 valence electrons. The normalized spacial score (nSPS) is 8.25. The summed E-state index contributed by atoms with van der Waals surface area (Å²) in [4.78, 5) is 20.6. The van der Waals surface area contributed by atoms with Crippen LogP contribution in [0.3, 0.4) is 0 Å². The van der Waals surface area contributed by atoms with Gasteiger partial charge in [0, 0.05) is 0 Å². The summed E-state index contributed by atoms with van der Waals surface area (Å²) in [7, 11) is 0. The highest BCUT2D eigenvalue weighted by Crippen LogP contribution is 1.81. The van der Waals surface area contributed by atoms with Gasteiger partial charge in [-0.05, 0) is 6.92 Å². The van der Waals surface area contributed by atoms with E-state index in [2.05, 4.69) is 14.7 Å². The third kappa shape index (κ3) is 3.38. The van der Waals surface area contributed by atoms with E-state index in [1.807, 2.05) is 0 Å². The second kappa shape index (κ2) is 4.35. The van der Waals surface area contributed by atoms with E-state index in [9.17, 15) is 4.79 Å². The average Bonchev–Trinajstić information content (AvgIpc) is 1.83. The molecule has 5 heteroatoms. The Morgan fingerprint density at radius 1 is 1.75 bits per heavy atom. The standard InChI is InChI=1S/C3H6O5/c1-2-6-8-3(4)7-5/h5H,2H2,1H3. The Labute approximate surface area is 45.6 Å². The summed E-state index contributed by atoms with van der Waals surface area (Å²) < 4.78 is 0. The number of hydrogen-bond donors (Lipinski definition) is 1. The Hall–Kier alpha value is -0.810. The number of carbonyl (C=O) groups is 1. The first kappa shape index (κ1) is 7.19. The third-order valence-corrected chi connectivity index (χ3v) is 0.319. The highest BCUT2D eigenvalue weighted by Gasteiger charge is 2.00. The van der Waals surface area contributed by atoms with E-state index < -0.39 is 6.16 Å². The van der Waals surface area contributed by atoms with Crippen molar-refractivity contribution in [1.82, 2.24) is 0 Å². The maximum Gasteiger partial charge on any atom is 0.572 e. The summed E-state index contributed by atoms with van der Waals surface area (Å²) >= 11 is 0. The van der Waals surface area contributed by atoms with Gasteiger partial charge in [-0.1, -0.05) is 0 Å². The van der Waals surface area contributed by atoms with Crippen molar-refractivity contribution in [3.05, 3.63) is 0 Å². The molecule has 0 aliphatic carbocycles. The lowest BCUT2D eigenvalue weighted by molar-refractivity contribution is -0.297. The lowest BCUT2D eigenvalue weighted by Gasteiger charge is -1.94. The maximum atomic E-state index is 9.75. The molecule has 0 aromatic rings. The molecule has 0 aromatic carbocycles. The number of rotatable bonds is 2. The van der Waals surface area contributed by atoms with Crippen LogP contribution in [0.2, 0.25) is 0 Å². The summed E-state index contributed by atoms with van der Waals surface area (Å²) in [6.45, 7) is 1.83. The van der Waals surface area contributed by atoms with Gasteiger partial charge in [-0.15, -0.1) is 0 Å². The fourth-order valence-electron chi connectivity index (χ4n) is 0.122. The highest BCUT2D eigenvalue weighted by atomic mass is 17.3. The van der Waals surface area contributed by atoms with Crippen molar-refractivity contribution in [2.75, 3.05) is 6.61 Å². The van der Waals surface area contributed by atoms with Gasteiger partial charge in [-0.3, -0.25) is 9.78 Å². The van der Waals surface area contributed by atoms with Crippen LogP contribution in [0.25, 0.3) is 0 Å². The van der Waals surface area contributed by atoms with Crippen LogP contribution in [0.15, 0.2) is 0 Å². The van der Waals surface area contributed by atoms with Crippen LogP contribution < -0.4 is 0 Å². The molecule has 8 heavy (non-hydrogen) atoms. The van der Waals surface area contributed by atoms with Crippen LogP contribution in [-0.4, -0.2) is 18.0 Å². The molecule has 0 heterocycles. The maximum absolute atomic E-state index is 9.75. The zero-order valence-electron chi connectivity index (χ0n) is 4.29. The van der Waals surface area contributed by atoms with Gasteiger partial charge < -0.3 is 0 Å². The lowest BCUT2D eigenvalue weighted by Crippen LogP contribution is -2.04. The molecule has 0 radical (unpaired) electrons. The predicted molar refractivity (Wildman–Crippen MR) is 21.8 cm³/mol. The fourth-order valence-corrected chi connectivity index (χ4v) is 0.122. The third-order valence-electron chi connectivity index (χ3n) is 0.319. The Bertz CT molecular complexity index is 70.1. The highest BCUT2D eigenvalue weighted by molar-refractivity contribution is 5.57. The molecule has 0 spiro atoms. The van der Waals surface area contributed by atoms with Crippen molar-refractivity contribution in [3.8, 4) is 0 Å².